The van der Waals surface area contributed by atoms with Gasteiger partial charge in [-0.15, -0.1) is 0 Å². The van der Waals surface area contributed by atoms with Crippen LogP contribution in [0.25, 0.3) is 0 Å². The summed E-state index contributed by atoms with van der Waals surface area (Å²) >= 11 is 0. The average molecular weight is 272 g/mol. The van der Waals surface area contributed by atoms with Gasteiger partial charge in [-0.1, -0.05) is 18.2 Å². The summed E-state index contributed by atoms with van der Waals surface area (Å²) in [5.74, 6) is -0.613. The predicted molar refractivity (Wildman–Crippen MR) is 70.5 cm³/mol. The van der Waals surface area contributed by atoms with E-state index >= 15 is 0 Å². The lowest BCUT2D eigenvalue weighted by atomic mass is 10.2. The molecule has 0 saturated carbocycles. The fourth-order valence-electron chi connectivity index (χ4n) is 1.50. The summed E-state index contributed by atoms with van der Waals surface area (Å²) in [4.78, 5) is 26.3. The van der Waals surface area contributed by atoms with Gasteiger partial charge in [0, 0.05) is 6.20 Å². The van der Waals surface area contributed by atoms with Gasteiger partial charge in [0.15, 0.2) is 0 Å². The topological polar surface area (TPSA) is 88.5 Å². The predicted octanol–water partition coefficient (Wildman–Crippen LogP) is 2.07. The number of hydrogen-bond acceptors (Lipinski definition) is 4. The molecule has 0 bridgehead atoms. The molecule has 6 nitrogen and oxygen atoms in total. The molecule has 0 aliphatic rings. The molecule has 0 saturated heterocycles. The lowest BCUT2D eigenvalue weighted by Gasteiger charge is -2.06. The van der Waals surface area contributed by atoms with Crippen molar-refractivity contribution in [3.8, 4) is 5.75 Å². The molecule has 0 aliphatic carbocycles. The van der Waals surface area contributed by atoms with Crippen LogP contribution in [0.5, 0.6) is 5.75 Å². The maximum atomic E-state index is 11.5. The summed E-state index contributed by atoms with van der Waals surface area (Å²) in [6.45, 7) is 0.0901. The number of aromatic nitrogens is 1. The molecule has 102 valence electrons. The fraction of sp³-hybridized carbons (Fsp3) is 0.0714. The standard InChI is InChI=1S/C14H12N2O4/c17-13(18)10-6-7-15-11(8-10)9-16-14(19)20-12-4-2-1-3-5-12/h1-8H,9H2,(H,16,19)(H,17,18). The Labute approximate surface area is 115 Å². The number of carbonyl (C=O) groups is 2. The van der Waals surface area contributed by atoms with Crippen LogP contribution in [0, 0.1) is 0 Å². The third-order valence-corrected chi connectivity index (χ3v) is 2.43. The van der Waals surface area contributed by atoms with E-state index in [1.54, 1.807) is 24.3 Å². The molecule has 1 amide bonds. The molecule has 2 aromatic rings. The molecule has 1 heterocycles. The second-order valence-corrected chi connectivity index (χ2v) is 3.90. The summed E-state index contributed by atoms with van der Waals surface area (Å²) in [6, 6.07) is 11.4. The average Bonchev–Trinajstić information content (AvgIpc) is 2.46. The SMILES string of the molecule is O=C(NCc1cc(C(=O)O)ccn1)Oc1ccccc1. The van der Waals surface area contributed by atoms with Crippen molar-refractivity contribution in [3.63, 3.8) is 0 Å². The number of carboxylic acids is 1. The Morgan fingerprint density at radius 1 is 1.20 bits per heavy atom. The van der Waals surface area contributed by atoms with Crippen molar-refractivity contribution in [3.05, 3.63) is 59.9 Å². The van der Waals surface area contributed by atoms with Crippen molar-refractivity contribution in [2.24, 2.45) is 0 Å². The van der Waals surface area contributed by atoms with Gasteiger partial charge in [-0.2, -0.15) is 0 Å². The van der Waals surface area contributed by atoms with Crippen LogP contribution in [0.3, 0.4) is 0 Å². The molecular formula is C14H12N2O4. The number of hydrogen-bond donors (Lipinski definition) is 2. The first-order chi connectivity index (χ1) is 9.65. The normalized spacial score (nSPS) is 9.80. The number of carboxylic acid groups (broad SMARTS) is 1. The van der Waals surface area contributed by atoms with E-state index in [4.69, 9.17) is 9.84 Å². The van der Waals surface area contributed by atoms with Crippen molar-refractivity contribution in [1.82, 2.24) is 10.3 Å². The number of benzene rings is 1. The molecule has 2 N–H and O–H groups in total. The molecule has 0 radical (unpaired) electrons. The summed E-state index contributed by atoms with van der Waals surface area (Å²) in [7, 11) is 0. The van der Waals surface area contributed by atoms with Gasteiger partial charge in [-0.05, 0) is 24.3 Å². The Morgan fingerprint density at radius 2 is 1.95 bits per heavy atom. The monoisotopic (exact) mass is 272 g/mol. The van der Waals surface area contributed by atoms with Crippen LogP contribution in [-0.4, -0.2) is 22.2 Å². The summed E-state index contributed by atoms with van der Waals surface area (Å²) < 4.78 is 5.02. The van der Waals surface area contributed by atoms with E-state index < -0.39 is 12.1 Å². The number of nitrogens with one attached hydrogen (secondary N) is 1. The third kappa shape index (κ3) is 3.81. The van der Waals surface area contributed by atoms with E-state index in [1.165, 1.54) is 18.3 Å². The zero-order valence-corrected chi connectivity index (χ0v) is 10.4. The van der Waals surface area contributed by atoms with Crippen molar-refractivity contribution >= 4 is 12.1 Å². The maximum Gasteiger partial charge on any atom is 0.412 e. The number of para-hydroxylation sites is 1. The molecule has 0 unspecified atom stereocenters. The molecular weight excluding hydrogens is 260 g/mol. The van der Waals surface area contributed by atoms with Crippen LogP contribution in [0.15, 0.2) is 48.7 Å². The first kappa shape index (κ1) is 13.5. The lowest BCUT2D eigenvalue weighted by molar-refractivity contribution is 0.0696. The van der Waals surface area contributed by atoms with Gasteiger partial charge < -0.3 is 15.2 Å². The largest absolute Gasteiger partial charge is 0.478 e. The van der Waals surface area contributed by atoms with E-state index in [9.17, 15) is 9.59 Å². The lowest BCUT2D eigenvalue weighted by Crippen LogP contribution is -2.26. The number of carbonyl (C=O) groups excluding carboxylic acids is 1. The number of nitrogens with zero attached hydrogens (tertiary/aromatic N) is 1. The number of pyridine rings is 1. The van der Waals surface area contributed by atoms with Gasteiger partial charge >= 0.3 is 12.1 Å². The number of aromatic carboxylic acids is 1. The van der Waals surface area contributed by atoms with Gasteiger partial charge in [0.05, 0.1) is 17.8 Å². The highest BCUT2D eigenvalue weighted by Crippen LogP contribution is 2.08. The number of amides is 1. The fourth-order valence-corrected chi connectivity index (χ4v) is 1.50. The molecule has 2 rings (SSSR count). The smallest absolute Gasteiger partial charge is 0.412 e. The molecule has 1 aromatic heterocycles. The van der Waals surface area contributed by atoms with Gasteiger partial charge in [0.2, 0.25) is 0 Å². The first-order valence-corrected chi connectivity index (χ1v) is 5.84. The van der Waals surface area contributed by atoms with E-state index in [1.807, 2.05) is 6.07 Å². The summed E-state index contributed by atoms with van der Waals surface area (Å²) in [6.07, 6.45) is 0.752. The quantitative estimate of drug-likeness (QED) is 0.889. The first-order valence-electron chi connectivity index (χ1n) is 5.84. The Morgan fingerprint density at radius 3 is 2.65 bits per heavy atom. The van der Waals surface area contributed by atoms with Crippen LogP contribution in [0.1, 0.15) is 16.1 Å². The second kappa shape index (κ2) is 6.33. The summed E-state index contributed by atoms with van der Waals surface area (Å²) in [5, 5.41) is 11.3. The van der Waals surface area contributed by atoms with Crippen LogP contribution in [0.2, 0.25) is 0 Å². The Hall–Kier alpha value is -2.89. The van der Waals surface area contributed by atoms with Gasteiger partial charge in [0.1, 0.15) is 5.75 Å². The highest BCUT2D eigenvalue weighted by atomic mass is 16.6. The maximum absolute atomic E-state index is 11.5. The molecule has 0 aliphatic heterocycles. The Bertz CT molecular complexity index is 614. The molecule has 1 aromatic carbocycles. The van der Waals surface area contributed by atoms with E-state index in [0.717, 1.165) is 0 Å². The highest BCUT2D eigenvalue weighted by molar-refractivity contribution is 5.87. The summed E-state index contributed by atoms with van der Waals surface area (Å²) in [5.41, 5.74) is 0.558. The van der Waals surface area contributed by atoms with Crippen molar-refractivity contribution in [2.75, 3.05) is 0 Å². The number of rotatable bonds is 4. The highest BCUT2D eigenvalue weighted by Gasteiger charge is 2.07. The van der Waals surface area contributed by atoms with Gasteiger partial charge in [-0.3, -0.25) is 4.98 Å². The van der Waals surface area contributed by atoms with E-state index in [2.05, 4.69) is 10.3 Å². The molecule has 6 heteroatoms. The second-order valence-electron chi connectivity index (χ2n) is 3.90. The Kier molecular flexibility index (Phi) is 4.28. The third-order valence-electron chi connectivity index (χ3n) is 2.43. The van der Waals surface area contributed by atoms with Crippen molar-refractivity contribution < 1.29 is 19.4 Å². The van der Waals surface area contributed by atoms with Crippen LogP contribution < -0.4 is 10.1 Å². The van der Waals surface area contributed by atoms with Crippen LogP contribution >= 0.6 is 0 Å². The minimum atomic E-state index is -1.04. The number of ether oxygens (including phenoxy) is 1. The van der Waals surface area contributed by atoms with Crippen LogP contribution in [-0.2, 0) is 6.54 Å². The molecule has 20 heavy (non-hydrogen) atoms. The van der Waals surface area contributed by atoms with Gasteiger partial charge in [-0.25, -0.2) is 9.59 Å². The zero-order valence-electron chi connectivity index (χ0n) is 10.4. The Balaban J connectivity index is 1.90. The van der Waals surface area contributed by atoms with E-state index in [0.29, 0.717) is 11.4 Å². The molecule has 0 atom stereocenters. The van der Waals surface area contributed by atoms with E-state index in [-0.39, 0.29) is 12.1 Å². The van der Waals surface area contributed by atoms with Crippen LogP contribution in [0.4, 0.5) is 4.79 Å². The molecule has 0 fully saturated rings. The minimum Gasteiger partial charge on any atom is -0.478 e. The van der Waals surface area contributed by atoms with Crippen molar-refractivity contribution in [2.45, 2.75) is 6.54 Å². The zero-order chi connectivity index (χ0) is 14.4. The molecule has 0 spiro atoms. The minimum absolute atomic E-state index is 0.0901. The van der Waals surface area contributed by atoms with Gasteiger partial charge in [0.25, 0.3) is 0 Å². The van der Waals surface area contributed by atoms with Crippen molar-refractivity contribution in [1.29, 1.82) is 0 Å².